The average Bonchev–Trinajstić information content (AvgIpc) is 3.30. The van der Waals surface area contributed by atoms with Crippen LogP contribution < -0.4 is 4.90 Å². The molecule has 26 heavy (non-hydrogen) atoms. The standard InChI is InChI=1S/C20H23N5O/c1-14-6-7-15(11-21-14)20(26)25-10-8-16(12-25)17-13-24-9-4-5-18(24)19(22-17)23(2)3/h4-7,9,11,13,16H,8,10,12H2,1-3H3. The van der Waals surface area contributed by atoms with Crippen molar-refractivity contribution >= 4 is 17.2 Å². The van der Waals surface area contributed by atoms with Crippen molar-refractivity contribution in [3.63, 3.8) is 0 Å². The van der Waals surface area contributed by atoms with E-state index in [-0.39, 0.29) is 11.8 Å². The van der Waals surface area contributed by atoms with Gasteiger partial charge in [-0.15, -0.1) is 0 Å². The minimum absolute atomic E-state index is 0.0508. The molecule has 1 aliphatic rings. The maximum absolute atomic E-state index is 12.7. The lowest BCUT2D eigenvalue weighted by molar-refractivity contribution is 0.0790. The second-order valence-electron chi connectivity index (χ2n) is 7.11. The van der Waals surface area contributed by atoms with Crippen molar-refractivity contribution in [1.82, 2.24) is 19.3 Å². The van der Waals surface area contributed by atoms with E-state index >= 15 is 0 Å². The molecule has 6 heteroatoms. The number of aryl methyl sites for hydroxylation is 1. The van der Waals surface area contributed by atoms with E-state index in [1.54, 1.807) is 6.20 Å². The summed E-state index contributed by atoms with van der Waals surface area (Å²) in [5, 5.41) is 0. The number of anilines is 1. The van der Waals surface area contributed by atoms with Gasteiger partial charge in [-0.05, 0) is 37.6 Å². The van der Waals surface area contributed by atoms with Crippen molar-refractivity contribution < 1.29 is 4.79 Å². The van der Waals surface area contributed by atoms with Crippen LogP contribution in [0.25, 0.3) is 5.52 Å². The van der Waals surface area contributed by atoms with Gasteiger partial charge in [0.15, 0.2) is 5.82 Å². The Labute approximate surface area is 153 Å². The Balaban J connectivity index is 1.58. The van der Waals surface area contributed by atoms with Crippen LogP contribution in [-0.4, -0.2) is 52.4 Å². The predicted molar refractivity (Wildman–Crippen MR) is 102 cm³/mol. The molecule has 1 saturated heterocycles. The number of hydrogen-bond donors (Lipinski definition) is 0. The highest BCUT2D eigenvalue weighted by Gasteiger charge is 2.29. The van der Waals surface area contributed by atoms with Gasteiger partial charge < -0.3 is 14.2 Å². The molecule has 134 valence electrons. The first-order chi connectivity index (χ1) is 12.5. The second-order valence-corrected chi connectivity index (χ2v) is 7.11. The molecule has 1 amide bonds. The maximum Gasteiger partial charge on any atom is 0.255 e. The minimum Gasteiger partial charge on any atom is -0.361 e. The fourth-order valence-corrected chi connectivity index (χ4v) is 3.54. The molecule has 0 bridgehead atoms. The summed E-state index contributed by atoms with van der Waals surface area (Å²) in [5.41, 5.74) is 3.70. The van der Waals surface area contributed by atoms with Crippen LogP contribution in [0.15, 0.2) is 42.9 Å². The summed E-state index contributed by atoms with van der Waals surface area (Å²) >= 11 is 0. The second kappa shape index (κ2) is 6.44. The number of hydrogen-bond acceptors (Lipinski definition) is 4. The van der Waals surface area contributed by atoms with E-state index < -0.39 is 0 Å². The summed E-state index contributed by atoms with van der Waals surface area (Å²) < 4.78 is 2.12. The van der Waals surface area contributed by atoms with Crippen molar-refractivity contribution in [3.05, 3.63) is 59.8 Å². The molecule has 1 atom stereocenters. The van der Waals surface area contributed by atoms with Crippen molar-refractivity contribution in [2.45, 2.75) is 19.3 Å². The number of nitrogens with zero attached hydrogens (tertiary/aromatic N) is 5. The normalized spacial score (nSPS) is 17.0. The number of carbonyl (C=O) groups excluding carboxylic acids is 1. The largest absolute Gasteiger partial charge is 0.361 e. The van der Waals surface area contributed by atoms with Crippen LogP contribution in [0.4, 0.5) is 5.82 Å². The smallest absolute Gasteiger partial charge is 0.255 e. The van der Waals surface area contributed by atoms with E-state index in [0.29, 0.717) is 12.1 Å². The SMILES string of the molecule is Cc1ccc(C(=O)N2CCC(c3cn4cccc4c(N(C)C)n3)C2)cn1. The zero-order chi connectivity index (χ0) is 18.3. The molecule has 0 aromatic carbocycles. The highest BCUT2D eigenvalue weighted by molar-refractivity contribution is 5.94. The zero-order valence-electron chi connectivity index (χ0n) is 15.4. The van der Waals surface area contributed by atoms with Gasteiger partial charge in [-0.2, -0.15) is 0 Å². The molecule has 6 nitrogen and oxygen atoms in total. The topological polar surface area (TPSA) is 53.7 Å². The monoisotopic (exact) mass is 349 g/mol. The Hall–Kier alpha value is -2.89. The van der Waals surface area contributed by atoms with Gasteiger partial charge in [0.05, 0.1) is 16.8 Å². The molecule has 1 fully saturated rings. The van der Waals surface area contributed by atoms with Gasteiger partial charge in [0, 0.05) is 57.4 Å². The van der Waals surface area contributed by atoms with Crippen LogP contribution in [0, 0.1) is 6.92 Å². The number of likely N-dealkylation sites (tertiary alicyclic amines) is 1. The van der Waals surface area contributed by atoms with Gasteiger partial charge in [0.25, 0.3) is 5.91 Å². The summed E-state index contributed by atoms with van der Waals surface area (Å²) in [6.45, 7) is 3.37. The van der Waals surface area contributed by atoms with Crippen molar-refractivity contribution in [1.29, 1.82) is 0 Å². The number of fused-ring (bicyclic) bond motifs is 1. The van der Waals surface area contributed by atoms with E-state index in [1.807, 2.05) is 55.2 Å². The third kappa shape index (κ3) is 2.92. The lowest BCUT2D eigenvalue weighted by Crippen LogP contribution is -2.28. The molecule has 0 N–H and O–H groups in total. The molecule has 1 aliphatic heterocycles. The summed E-state index contributed by atoms with van der Waals surface area (Å²) in [5.74, 6) is 1.26. The highest BCUT2D eigenvalue weighted by Crippen LogP contribution is 2.29. The Morgan fingerprint density at radius 1 is 1.27 bits per heavy atom. The van der Waals surface area contributed by atoms with E-state index in [2.05, 4.69) is 21.6 Å². The van der Waals surface area contributed by atoms with E-state index in [9.17, 15) is 4.79 Å². The molecule has 3 aromatic rings. The number of amides is 1. The molecule has 1 unspecified atom stereocenters. The lowest BCUT2D eigenvalue weighted by atomic mass is 10.1. The molecule has 3 aromatic heterocycles. The molecule has 0 saturated carbocycles. The van der Waals surface area contributed by atoms with E-state index in [1.165, 1.54) is 0 Å². The molecule has 0 aliphatic carbocycles. The first-order valence-corrected chi connectivity index (χ1v) is 8.90. The highest BCUT2D eigenvalue weighted by atomic mass is 16.2. The predicted octanol–water partition coefficient (Wildman–Crippen LogP) is 2.73. The van der Waals surface area contributed by atoms with Gasteiger partial charge in [-0.25, -0.2) is 4.98 Å². The van der Waals surface area contributed by atoms with Crippen LogP contribution in [0.5, 0.6) is 0 Å². The van der Waals surface area contributed by atoms with Gasteiger partial charge >= 0.3 is 0 Å². The molecular formula is C20H23N5O. The van der Waals surface area contributed by atoms with Crippen molar-refractivity contribution in [2.24, 2.45) is 0 Å². The van der Waals surface area contributed by atoms with E-state index in [4.69, 9.17) is 4.98 Å². The third-order valence-electron chi connectivity index (χ3n) is 4.99. The van der Waals surface area contributed by atoms with Gasteiger partial charge in [0.2, 0.25) is 0 Å². The molecular weight excluding hydrogens is 326 g/mol. The quantitative estimate of drug-likeness (QED) is 0.730. The Morgan fingerprint density at radius 2 is 2.12 bits per heavy atom. The number of rotatable bonds is 3. The summed E-state index contributed by atoms with van der Waals surface area (Å²) in [4.78, 5) is 25.8. The first-order valence-electron chi connectivity index (χ1n) is 8.90. The Kier molecular flexibility index (Phi) is 4.11. The third-order valence-corrected chi connectivity index (χ3v) is 4.99. The van der Waals surface area contributed by atoms with E-state index in [0.717, 1.165) is 35.7 Å². The summed E-state index contributed by atoms with van der Waals surface area (Å²) in [7, 11) is 4.02. The van der Waals surface area contributed by atoms with Crippen molar-refractivity contribution in [2.75, 3.05) is 32.1 Å². The van der Waals surface area contributed by atoms with Crippen LogP contribution in [-0.2, 0) is 0 Å². The first kappa shape index (κ1) is 16.6. The maximum atomic E-state index is 12.7. The Morgan fingerprint density at radius 3 is 2.85 bits per heavy atom. The molecule has 0 spiro atoms. The fraction of sp³-hybridized carbons (Fsp3) is 0.350. The molecule has 0 radical (unpaired) electrons. The van der Waals surface area contributed by atoms with Crippen LogP contribution in [0.3, 0.4) is 0 Å². The van der Waals surface area contributed by atoms with Crippen LogP contribution in [0.2, 0.25) is 0 Å². The van der Waals surface area contributed by atoms with Gasteiger partial charge in [-0.3, -0.25) is 9.78 Å². The number of carbonyl (C=O) groups is 1. The zero-order valence-corrected chi connectivity index (χ0v) is 15.4. The van der Waals surface area contributed by atoms with Crippen LogP contribution in [0.1, 0.15) is 34.1 Å². The average molecular weight is 349 g/mol. The molecule has 4 rings (SSSR count). The van der Waals surface area contributed by atoms with Gasteiger partial charge in [-0.1, -0.05) is 0 Å². The fourth-order valence-electron chi connectivity index (χ4n) is 3.54. The Bertz CT molecular complexity index is 944. The van der Waals surface area contributed by atoms with Crippen molar-refractivity contribution in [3.8, 4) is 0 Å². The molecule has 4 heterocycles. The lowest BCUT2D eigenvalue weighted by Gasteiger charge is -2.19. The summed E-state index contributed by atoms with van der Waals surface area (Å²) in [6, 6.07) is 7.83. The summed E-state index contributed by atoms with van der Waals surface area (Å²) in [6.07, 6.45) is 6.73. The number of aromatic nitrogens is 3. The van der Waals surface area contributed by atoms with Crippen LogP contribution >= 0.6 is 0 Å². The number of pyridine rings is 1. The minimum atomic E-state index is 0.0508. The van der Waals surface area contributed by atoms with Gasteiger partial charge in [0.1, 0.15) is 0 Å².